The van der Waals surface area contributed by atoms with Crippen molar-refractivity contribution in [2.45, 2.75) is 38.2 Å². The molecule has 1 aliphatic rings. The van der Waals surface area contributed by atoms with Gasteiger partial charge < -0.3 is 15.2 Å². The number of hydrogen-bond donors (Lipinski definition) is 2. The second-order valence-corrected chi connectivity index (χ2v) is 7.19. The standard InChI is InChI=1S/C16H21ClINO3/c1-22-15-9-13(18)12(17)8-11(15)16(21)19-7-3-5-10-4-2-6-14(10)20/h8-10,14,20H,2-7H2,1H3,(H,19,21)/t10-,14+/m1/s1. The van der Waals surface area contributed by atoms with Gasteiger partial charge in [-0.25, -0.2) is 0 Å². The fourth-order valence-corrected chi connectivity index (χ4v) is 3.49. The summed E-state index contributed by atoms with van der Waals surface area (Å²) in [6.07, 6.45) is 4.77. The highest BCUT2D eigenvalue weighted by Crippen LogP contribution is 2.29. The number of aliphatic hydroxyl groups is 1. The lowest BCUT2D eigenvalue weighted by Crippen LogP contribution is -2.26. The van der Waals surface area contributed by atoms with Crippen LogP contribution in [0.2, 0.25) is 5.02 Å². The van der Waals surface area contributed by atoms with Gasteiger partial charge in [-0.05, 0) is 66.3 Å². The van der Waals surface area contributed by atoms with Gasteiger partial charge in [0.2, 0.25) is 0 Å². The van der Waals surface area contributed by atoms with Crippen LogP contribution in [0, 0.1) is 9.49 Å². The molecule has 2 atom stereocenters. The number of rotatable bonds is 6. The van der Waals surface area contributed by atoms with E-state index in [2.05, 4.69) is 27.9 Å². The molecule has 0 unspecified atom stereocenters. The van der Waals surface area contributed by atoms with Crippen LogP contribution in [-0.2, 0) is 0 Å². The van der Waals surface area contributed by atoms with Crippen LogP contribution in [0.15, 0.2) is 12.1 Å². The average molecular weight is 438 g/mol. The molecule has 22 heavy (non-hydrogen) atoms. The van der Waals surface area contributed by atoms with E-state index in [0.29, 0.717) is 28.8 Å². The van der Waals surface area contributed by atoms with Gasteiger partial charge in [0, 0.05) is 10.1 Å². The summed E-state index contributed by atoms with van der Waals surface area (Å²) in [6, 6.07) is 3.39. The Hall–Kier alpha value is -0.530. The van der Waals surface area contributed by atoms with Crippen LogP contribution in [0.5, 0.6) is 5.75 Å². The quantitative estimate of drug-likeness (QED) is 0.528. The van der Waals surface area contributed by atoms with Gasteiger partial charge in [0.05, 0.1) is 23.8 Å². The molecule has 0 heterocycles. The second kappa shape index (κ2) is 8.36. The summed E-state index contributed by atoms with van der Waals surface area (Å²) in [5.41, 5.74) is 0.453. The Bertz CT molecular complexity index is 538. The predicted octanol–water partition coefficient (Wildman–Crippen LogP) is 3.62. The molecule has 122 valence electrons. The third-order valence-corrected chi connectivity index (χ3v) is 5.67. The normalized spacial score (nSPS) is 20.9. The molecule has 0 aliphatic heterocycles. The summed E-state index contributed by atoms with van der Waals surface area (Å²) in [5.74, 6) is 0.735. The molecule has 1 saturated carbocycles. The maximum absolute atomic E-state index is 12.2. The number of aliphatic hydroxyl groups excluding tert-OH is 1. The Morgan fingerprint density at radius 1 is 1.50 bits per heavy atom. The van der Waals surface area contributed by atoms with Gasteiger partial charge in [-0.15, -0.1) is 0 Å². The van der Waals surface area contributed by atoms with E-state index in [0.717, 1.165) is 35.7 Å². The van der Waals surface area contributed by atoms with Gasteiger partial charge in [0.1, 0.15) is 5.75 Å². The average Bonchev–Trinajstić information content (AvgIpc) is 2.91. The minimum atomic E-state index is -0.179. The summed E-state index contributed by atoms with van der Waals surface area (Å²) in [4.78, 5) is 12.2. The maximum Gasteiger partial charge on any atom is 0.255 e. The van der Waals surface area contributed by atoms with Crippen LogP contribution in [-0.4, -0.2) is 30.8 Å². The lowest BCUT2D eigenvalue weighted by atomic mass is 10.00. The van der Waals surface area contributed by atoms with Crippen LogP contribution < -0.4 is 10.1 Å². The first kappa shape index (κ1) is 17.8. The van der Waals surface area contributed by atoms with Crippen molar-refractivity contribution >= 4 is 40.1 Å². The molecule has 1 aliphatic carbocycles. The van der Waals surface area contributed by atoms with Gasteiger partial charge in [-0.2, -0.15) is 0 Å². The molecule has 0 aromatic heterocycles. The number of amides is 1. The second-order valence-electron chi connectivity index (χ2n) is 5.62. The molecule has 1 aromatic rings. The smallest absolute Gasteiger partial charge is 0.255 e. The Kier molecular flexibility index (Phi) is 6.77. The molecule has 1 aromatic carbocycles. The summed E-state index contributed by atoms with van der Waals surface area (Å²) in [5, 5.41) is 13.2. The van der Waals surface area contributed by atoms with Crippen molar-refractivity contribution in [1.82, 2.24) is 5.32 Å². The zero-order chi connectivity index (χ0) is 16.1. The van der Waals surface area contributed by atoms with Crippen LogP contribution in [0.25, 0.3) is 0 Å². The van der Waals surface area contributed by atoms with E-state index in [-0.39, 0.29) is 12.0 Å². The largest absolute Gasteiger partial charge is 0.496 e. The molecule has 2 rings (SSSR count). The first-order valence-electron chi connectivity index (χ1n) is 7.52. The lowest BCUT2D eigenvalue weighted by Gasteiger charge is -2.14. The number of carbonyl (C=O) groups is 1. The molecule has 0 radical (unpaired) electrons. The highest BCUT2D eigenvalue weighted by Gasteiger charge is 2.24. The van der Waals surface area contributed by atoms with Gasteiger partial charge in [-0.1, -0.05) is 18.0 Å². The van der Waals surface area contributed by atoms with Crippen molar-refractivity contribution in [3.05, 3.63) is 26.3 Å². The molecular weight excluding hydrogens is 417 g/mol. The number of hydrogen-bond acceptors (Lipinski definition) is 3. The van der Waals surface area contributed by atoms with Crippen LogP contribution in [0.3, 0.4) is 0 Å². The molecule has 0 spiro atoms. The Balaban J connectivity index is 1.85. The summed E-state index contributed by atoms with van der Waals surface area (Å²) in [6.45, 7) is 0.592. The van der Waals surface area contributed by atoms with E-state index in [1.807, 2.05) is 0 Å². The van der Waals surface area contributed by atoms with Gasteiger partial charge in [-0.3, -0.25) is 4.79 Å². The molecule has 0 saturated heterocycles. The minimum absolute atomic E-state index is 0.161. The first-order chi connectivity index (χ1) is 10.5. The highest BCUT2D eigenvalue weighted by atomic mass is 127. The van der Waals surface area contributed by atoms with Crippen molar-refractivity contribution in [2.75, 3.05) is 13.7 Å². The van der Waals surface area contributed by atoms with Gasteiger partial charge >= 0.3 is 0 Å². The van der Waals surface area contributed by atoms with Gasteiger partial charge in [0.15, 0.2) is 0 Å². The van der Waals surface area contributed by atoms with Crippen molar-refractivity contribution in [1.29, 1.82) is 0 Å². The number of benzene rings is 1. The van der Waals surface area contributed by atoms with Gasteiger partial charge in [0.25, 0.3) is 5.91 Å². The minimum Gasteiger partial charge on any atom is -0.496 e. The number of ether oxygens (including phenoxy) is 1. The van der Waals surface area contributed by atoms with Crippen LogP contribution >= 0.6 is 34.2 Å². The number of halogens is 2. The number of carbonyl (C=O) groups excluding carboxylic acids is 1. The molecule has 4 nitrogen and oxygen atoms in total. The fraction of sp³-hybridized carbons (Fsp3) is 0.562. The zero-order valence-electron chi connectivity index (χ0n) is 12.6. The van der Waals surface area contributed by atoms with E-state index < -0.39 is 0 Å². The van der Waals surface area contributed by atoms with Crippen molar-refractivity contribution < 1.29 is 14.6 Å². The Morgan fingerprint density at radius 2 is 2.27 bits per heavy atom. The van der Waals surface area contributed by atoms with E-state index in [1.165, 1.54) is 7.11 Å². The number of nitrogens with one attached hydrogen (secondary N) is 1. The third-order valence-electron chi connectivity index (χ3n) is 4.14. The molecule has 0 bridgehead atoms. The topological polar surface area (TPSA) is 58.6 Å². The fourth-order valence-electron chi connectivity index (χ4n) is 2.89. The monoisotopic (exact) mass is 437 g/mol. The lowest BCUT2D eigenvalue weighted by molar-refractivity contribution is 0.0946. The molecule has 6 heteroatoms. The predicted molar refractivity (Wildman–Crippen MR) is 95.6 cm³/mol. The van der Waals surface area contributed by atoms with E-state index in [4.69, 9.17) is 16.3 Å². The summed E-state index contributed by atoms with van der Waals surface area (Å²) >= 11 is 8.18. The van der Waals surface area contributed by atoms with Crippen LogP contribution in [0.4, 0.5) is 0 Å². The van der Waals surface area contributed by atoms with Crippen molar-refractivity contribution in [3.63, 3.8) is 0 Å². The summed E-state index contributed by atoms with van der Waals surface area (Å²) in [7, 11) is 1.54. The number of methoxy groups -OCH3 is 1. The van der Waals surface area contributed by atoms with Crippen molar-refractivity contribution in [2.24, 2.45) is 5.92 Å². The molecule has 1 fully saturated rings. The maximum atomic E-state index is 12.2. The van der Waals surface area contributed by atoms with Crippen molar-refractivity contribution in [3.8, 4) is 5.75 Å². The Morgan fingerprint density at radius 3 is 2.91 bits per heavy atom. The molecular formula is C16H21ClINO3. The Labute approximate surface area is 149 Å². The summed E-state index contributed by atoms with van der Waals surface area (Å²) < 4.78 is 6.10. The van der Waals surface area contributed by atoms with E-state index in [9.17, 15) is 9.90 Å². The van der Waals surface area contributed by atoms with E-state index in [1.54, 1.807) is 12.1 Å². The van der Waals surface area contributed by atoms with E-state index >= 15 is 0 Å². The highest BCUT2D eigenvalue weighted by molar-refractivity contribution is 14.1. The third kappa shape index (κ3) is 4.49. The zero-order valence-corrected chi connectivity index (χ0v) is 15.5. The van der Waals surface area contributed by atoms with Crippen LogP contribution in [0.1, 0.15) is 42.5 Å². The SMILES string of the molecule is COc1cc(I)c(Cl)cc1C(=O)NCCC[C@H]1CCC[C@@H]1O. The first-order valence-corrected chi connectivity index (χ1v) is 8.98. The molecule has 2 N–H and O–H groups in total. The molecule has 1 amide bonds.